The molecule has 8 rings (SSSR count). The average molecular weight is 576 g/mol. The van der Waals surface area contributed by atoms with Gasteiger partial charge in [-0.2, -0.15) is 5.10 Å². The fourth-order valence-electron chi connectivity index (χ4n) is 7.24. The van der Waals surface area contributed by atoms with E-state index < -0.39 is 5.54 Å². The van der Waals surface area contributed by atoms with E-state index in [1.165, 1.54) is 0 Å². The summed E-state index contributed by atoms with van der Waals surface area (Å²) in [7, 11) is 0. The van der Waals surface area contributed by atoms with Crippen molar-refractivity contribution in [2.75, 3.05) is 18.4 Å². The van der Waals surface area contributed by atoms with Crippen molar-refractivity contribution in [2.45, 2.75) is 56.4 Å². The molecule has 2 atom stereocenters. The van der Waals surface area contributed by atoms with E-state index in [1.807, 2.05) is 64.4 Å². The number of para-hydroxylation sites is 1. The molecule has 3 N–H and O–H groups in total. The Balaban J connectivity index is 1.01. The second-order valence-electron chi connectivity index (χ2n) is 12.2. The molecule has 1 aliphatic carbocycles. The Bertz CT molecular complexity index is 1750. The van der Waals surface area contributed by atoms with Crippen molar-refractivity contribution in [3.63, 3.8) is 0 Å². The van der Waals surface area contributed by atoms with Crippen LogP contribution in [0.5, 0.6) is 0 Å². The SMILES string of the molecule is O=C(NC12CC1c1cc3cn[nH]c3cc1CN(Cc1ccccc1)C2=O)N1CCC(N2Cc3ccccc3NC2=O)CC1. The topological polar surface area (TPSA) is 114 Å². The number of H-pyrrole nitrogens is 1. The molecular weight excluding hydrogens is 542 g/mol. The van der Waals surface area contributed by atoms with Crippen LogP contribution in [0.3, 0.4) is 0 Å². The van der Waals surface area contributed by atoms with Gasteiger partial charge in [0, 0.05) is 55.8 Å². The van der Waals surface area contributed by atoms with Crippen molar-refractivity contribution < 1.29 is 14.4 Å². The number of aromatic nitrogens is 2. The molecule has 2 unspecified atom stereocenters. The number of benzene rings is 3. The maximum absolute atomic E-state index is 14.2. The molecule has 218 valence electrons. The second kappa shape index (κ2) is 9.86. The van der Waals surface area contributed by atoms with E-state index in [9.17, 15) is 14.4 Å². The molecule has 10 heteroatoms. The molecule has 1 saturated carbocycles. The minimum Gasteiger partial charge on any atom is -0.332 e. The van der Waals surface area contributed by atoms with E-state index >= 15 is 0 Å². The molecule has 0 spiro atoms. The van der Waals surface area contributed by atoms with Crippen molar-refractivity contribution in [1.29, 1.82) is 0 Å². The number of piperidine rings is 1. The molecular formula is C33H33N7O3. The molecule has 4 heterocycles. The van der Waals surface area contributed by atoms with Gasteiger partial charge in [-0.05, 0) is 59.7 Å². The average Bonchev–Trinajstić information content (AvgIpc) is 3.58. The third kappa shape index (κ3) is 4.40. The van der Waals surface area contributed by atoms with Crippen LogP contribution in [-0.4, -0.2) is 67.5 Å². The third-order valence-corrected chi connectivity index (χ3v) is 9.67. The van der Waals surface area contributed by atoms with Crippen LogP contribution in [0, 0.1) is 0 Å². The zero-order chi connectivity index (χ0) is 29.1. The van der Waals surface area contributed by atoms with Gasteiger partial charge in [0.1, 0.15) is 5.54 Å². The quantitative estimate of drug-likeness (QED) is 0.331. The minimum atomic E-state index is -0.970. The summed E-state index contributed by atoms with van der Waals surface area (Å²) in [5, 5.41) is 14.5. The summed E-state index contributed by atoms with van der Waals surface area (Å²) in [6.45, 7) is 2.56. The molecule has 4 aliphatic rings. The van der Waals surface area contributed by atoms with Gasteiger partial charge in [0.05, 0.1) is 11.7 Å². The summed E-state index contributed by atoms with van der Waals surface area (Å²) in [6, 6.07) is 21.8. The summed E-state index contributed by atoms with van der Waals surface area (Å²) in [4.78, 5) is 46.4. The highest BCUT2D eigenvalue weighted by Crippen LogP contribution is 2.56. The Morgan fingerprint density at radius 1 is 0.977 bits per heavy atom. The van der Waals surface area contributed by atoms with Gasteiger partial charge < -0.3 is 25.3 Å². The smallest absolute Gasteiger partial charge is 0.322 e. The molecule has 1 aromatic heterocycles. The van der Waals surface area contributed by atoms with Crippen LogP contribution < -0.4 is 10.6 Å². The zero-order valence-electron chi connectivity index (χ0n) is 23.8. The standard InChI is InChI=1S/C33H33N7O3/c41-30-33(36-32(43)38-12-10-25(11-13-38)40-20-22-8-4-5-9-28(22)35-31(40)42)16-27(33)26-14-23-17-34-37-29(23)15-24(26)19-39(30)18-21-6-2-1-3-7-21/h1-9,14-15,17,25,27H,10-13,16,18-20H2,(H,34,37)(H,35,42)(H,36,43). The zero-order valence-corrected chi connectivity index (χ0v) is 23.8. The van der Waals surface area contributed by atoms with Crippen LogP contribution in [0.4, 0.5) is 15.3 Å². The first-order valence-corrected chi connectivity index (χ1v) is 15.0. The maximum Gasteiger partial charge on any atom is 0.322 e. The number of hydrogen-bond acceptors (Lipinski definition) is 4. The number of amides is 5. The Kier molecular flexibility index (Phi) is 5.92. The van der Waals surface area contributed by atoms with E-state index in [0.717, 1.165) is 38.8 Å². The lowest BCUT2D eigenvalue weighted by molar-refractivity contribution is -0.135. The van der Waals surface area contributed by atoms with Gasteiger partial charge in [-0.25, -0.2) is 9.59 Å². The van der Waals surface area contributed by atoms with E-state index in [4.69, 9.17) is 0 Å². The monoisotopic (exact) mass is 575 g/mol. The number of aromatic amines is 1. The van der Waals surface area contributed by atoms with Gasteiger partial charge in [0.25, 0.3) is 0 Å². The maximum atomic E-state index is 14.2. The number of hydrogen-bond donors (Lipinski definition) is 3. The number of nitrogens with zero attached hydrogens (tertiary/aromatic N) is 4. The Labute approximate surface area is 249 Å². The van der Waals surface area contributed by atoms with Gasteiger partial charge in [0.15, 0.2) is 0 Å². The molecule has 4 aromatic rings. The number of fused-ring (bicyclic) bond motifs is 5. The van der Waals surface area contributed by atoms with Crippen LogP contribution >= 0.6 is 0 Å². The lowest BCUT2D eigenvalue weighted by atomic mass is 9.99. The van der Waals surface area contributed by atoms with Crippen LogP contribution in [0.2, 0.25) is 0 Å². The molecule has 3 aromatic carbocycles. The largest absolute Gasteiger partial charge is 0.332 e. The van der Waals surface area contributed by atoms with Crippen LogP contribution in [0.1, 0.15) is 47.4 Å². The Hall–Kier alpha value is -4.86. The highest BCUT2D eigenvalue weighted by atomic mass is 16.2. The summed E-state index contributed by atoms with van der Waals surface area (Å²) in [6.07, 6.45) is 3.75. The van der Waals surface area contributed by atoms with Gasteiger partial charge in [-0.1, -0.05) is 48.5 Å². The molecule has 10 nitrogen and oxygen atoms in total. The summed E-state index contributed by atoms with van der Waals surface area (Å²) in [5.41, 5.74) is 5.17. The molecule has 2 fully saturated rings. The number of rotatable bonds is 4. The van der Waals surface area contributed by atoms with Crippen LogP contribution in [0.15, 0.2) is 72.9 Å². The van der Waals surface area contributed by atoms with E-state index in [1.54, 1.807) is 11.1 Å². The molecule has 3 aliphatic heterocycles. The fraction of sp³-hybridized carbons (Fsp3) is 0.333. The van der Waals surface area contributed by atoms with Crippen molar-refractivity contribution in [3.8, 4) is 0 Å². The second-order valence-corrected chi connectivity index (χ2v) is 12.2. The first-order chi connectivity index (χ1) is 21.0. The lowest BCUT2D eigenvalue weighted by Gasteiger charge is -2.41. The first kappa shape index (κ1) is 25.8. The number of carbonyl (C=O) groups excluding carboxylic acids is 3. The van der Waals surface area contributed by atoms with Crippen molar-refractivity contribution in [2.24, 2.45) is 0 Å². The van der Waals surface area contributed by atoms with Crippen molar-refractivity contribution >= 4 is 34.6 Å². The third-order valence-electron chi connectivity index (χ3n) is 9.67. The van der Waals surface area contributed by atoms with Gasteiger partial charge in [-0.15, -0.1) is 0 Å². The number of nitrogens with one attached hydrogen (secondary N) is 3. The summed E-state index contributed by atoms with van der Waals surface area (Å²) < 4.78 is 0. The number of likely N-dealkylation sites (tertiary alicyclic amines) is 1. The summed E-state index contributed by atoms with van der Waals surface area (Å²) in [5.74, 6) is -0.125. The van der Waals surface area contributed by atoms with Crippen molar-refractivity contribution in [1.82, 2.24) is 30.2 Å². The number of urea groups is 2. The van der Waals surface area contributed by atoms with Crippen LogP contribution in [-0.2, 0) is 24.4 Å². The molecule has 0 radical (unpaired) electrons. The molecule has 1 saturated heterocycles. The number of anilines is 1. The Morgan fingerprint density at radius 3 is 2.60 bits per heavy atom. The predicted molar refractivity (Wildman–Crippen MR) is 161 cm³/mol. The minimum absolute atomic E-state index is 0.0359. The lowest BCUT2D eigenvalue weighted by Crippen LogP contribution is -2.57. The molecule has 5 amide bonds. The highest BCUT2D eigenvalue weighted by molar-refractivity contribution is 5.97. The molecule has 43 heavy (non-hydrogen) atoms. The highest BCUT2D eigenvalue weighted by Gasteiger charge is 2.65. The fourth-order valence-corrected chi connectivity index (χ4v) is 7.24. The predicted octanol–water partition coefficient (Wildman–Crippen LogP) is 4.55. The molecule has 0 bridgehead atoms. The number of carbonyl (C=O) groups is 3. The van der Waals surface area contributed by atoms with E-state index in [2.05, 4.69) is 33.0 Å². The van der Waals surface area contributed by atoms with Gasteiger partial charge in [0.2, 0.25) is 5.91 Å². The summed E-state index contributed by atoms with van der Waals surface area (Å²) >= 11 is 0. The Morgan fingerprint density at radius 2 is 1.77 bits per heavy atom. The van der Waals surface area contributed by atoms with Crippen LogP contribution in [0.25, 0.3) is 10.9 Å². The van der Waals surface area contributed by atoms with E-state index in [-0.39, 0.29) is 29.9 Å². The normalized spacial score (nSPS) is 23.3. The van der Waals surface area contributed by atoms with Gasteiger partial charge in [-0.3, -0.25) is 9.89 Å². The van der Waals surface area contributed by atoms with Crippen molar-refractivity contribution in [3.05, 3.63) is 95.2 Å². The van der Waals surface area contributed by atoms with E-state index in [0.29, 0.717) is 52.0 Å². The van der Waals surface area contributed by atoms with Gasteiger partial charge >= 0.3 is 12.1 Å². The first-order valence-electron chi connectivity index (χ1n) is 15.0.